The summed E-state index contributed by atoms with van der Waals surface area (Å²) in [6.45, 7) is 2.34. The third-order valence-electron chi connectivity index (χ3n) is 3.92. The Morgan fingerprint density at radius 2 is 2.00 bits per heavy atom. The summed E-state index contributed by atoms with van der Waals surface area (Å²) in [6, 6.07) is 10.1. The maximum absolute atomic E-state index is 12.3. The van der Waals surface area contributed by atoms with Crippen LogP contribution in [0.25, 0.3) is 0 Å². The summed E-state index contributed by atoms with van der Waals surface area (Å²) in [5.41, 5.74) is 0.875. The number of methoxy groups -OCH3 is 1. The van der Waals surface area contributed by atoms with E-state index in [1.54, 1.807) is 31.4 Å². The molecule has 134 valence electrons. The molecule has 1 unspecified atom stereocenters. The van der Waals surface area contributed by atoms with Crippen molar-refractivity contribution in [1.29, 1.82) is 0 Å². The number of carbonyl (C=O) groups is 2. The van der Waals surface area contributed by atoms with E-state index in [1.807, 2.05) is 19.1 Å². The Morgan fingerprint density at radius 3 is 2.64 bits per heavy atom. The van der Waals surface area contributed by atoms with Gasteiger partial charge in [-0.15, -0.1) is 0 Å². The van der Waals surface area contributed by atoms with Crippen molar-refractivity contribution in [3.05, 3.63) is 59.0 Å². The standard InChI is InChI=1S/C19H23NO5/c1-13-7-9-17(25-13)16(11-12-24-2)20-18(21)10-8-14-5-3-4-6-15(14)19(22)23/h3-7,9,16H,8,10-12H2,1-2H3,(H,20,21)(H,22,23). The Hall–Kier alpha value is -2.60. The molecule has 0 spiro atoms. The average Bonchev–Trinajstić information content (AvgIpc) is 3.03. The molecule has 25 heavy (non-hydrogen) atoms. The van der Waals surface area contributed by atoms with Gasteiger partial charge in [-0.25, -0.2) is 4.79 Å². The molecule has 1 aromatic carbocycles. The molecule has 0 saturated carbocycles. The van der Waals surface area contributed by atoms with Gasteiger partial charge in [0.1, 0.15) is 11.5 Å². The van der Waals surface area contributed by atoms with E-state index in [1.165, 1.54) is 0 Å². The fourth-order valence-electron chi connectivity index (χ4n) is 2.62. The quantitative estimate of drug-likeness (QED) is 0.729. The second kappa shape index (κ2) is 9.03. The fraction of sp³-hybridized carbons (Fsp3) is 0.368. The van der Waals surface area contributed by atoms with Crippen molar-refractivity contribution in [2.75, 3.05) is 13.7 Å². The molecular formula is C19H23NO5. The van der Waals surface area contributed by atoms with Gasteiger partial charge in [0.25, 0.3) is 0 Å². The van der Waals surface area contributed by atoms with E-state index < -0.39 is 5.97 Å². The number of hydrogen-bond donors (Lipinski definition) is 2. The first kappa shape index (κ1) is 18.7. The van der Waals surface area contributed by atoms with Gasteiger partial charge < -0.3 is 19.6 Å². The first-order valence-corrected chi connectivity index (χ1v) is 8.17. The number of aromatic carboxylic acids is 1. The maximum atomic E-state index is 12.3. The first-order valence-electron chi connectivity index (χ1n) is 8.17. The second-order valence-electron chi connectivity index (χ2n) is 5.81. The van der Waals surface area contributed by atoms with Crippen LogP contribution in [0.2, 0.25) is 0 Å². The summed E-state index contributed by atoms with van der Waals surface area (Å²) in [7, 11) is 1.61. The van der Waals surface area contributed by atoms with Gasteiger partial charge in [-0.1, -0.05) is 18.2 Å². The van der Waals surface area contributed by atoms with Crippen molar-refractivity contribution >= 4 is 11.9 Å². The summed E-state index contributed by atoms with van der Waals surface area (Å²) in [4.78, 5) is 23.5. The molecule has 1 atom stereocenters. The highest BCUT2D eigenvalue weighted by Crippen LogP contribution is 2.20. The lowest BCUT2D eigenvalue weighted by Gasteiger charge is -2.16. The van der Waals surface area contributed by atoms with E-state index in [-0.39, 0.29) is 23.9 Å². The minimum atomic E-state index is -0.986. The molecular weight excluding hydrogens is 322 g/mol. The molecule has 1 heterocycles. The number of carbonyl (C=O) groups excluding carboxylic acids is 1. The number of carboxylic acid groups (broad SMARTS) is 1. The van der Waals surface area contributed by atoms with Crippen molar-refractivity contribution in [1.82, 2.24) is 5.32 Å². The Morgan fingerprint density at radius 1 is 1.24 bits per heavy atom. The molecule has 6 heteroatoms. The average molecular weight is 345 g/mol. The Labute approximate surface area is 146 Å². The van der Waals surface area contributed by atoms with Crippen LogP contribution in [-0.2, 0) is 16.0 Å². The predicted molar refractivity (Wildman–Crippen MR) is 92.5 cm³/mol. The van der Waals surface area contributed by atoms with E-state index in [0.717, 1.165) is 5.76 Å². The molecule has 0 radical (unpaired) electrons. The highest BCUT2D eigenvalue weighted by atomic mass is 16.5. The molecule has 1 aromatic heterocycles. The number of rotatable bonds is 9. The summed E-state index contributed by atoms with van der Waals surface area (Å²) < 4.78 is 10.7. The third kappa shape index (κ3) is 5.46. The van der Waals surface area contributed by atoms with Crippen LogP contribution < -0.4 is 5.32 Å². The summed E-state index contributed by atoms with van der Waals surface area (Å²) in [5, 5.41) is 12.1. The van der Waals surface area contributed by atoms with Gasteiger partial charge in [-0.05, 0) is 43.5 Å². The Bertz CT molecular complexity index is 722. The SMILES string of the molecule is COCCC(NC(=O)CCc1ccccc1C(=O)O)c1ccc(C)o1. The van der Waals surface area contributed by atoms with Crippen LogP contribution in [0.5, 0.6) is 0 Å². The van der Waals surface area contributed by atoms with Gasteiger partial charge in [-0.3, -0.25) is 4.79 Å². The van der Waals surface area contributed by atoms with Gasteiger partial charge in [0.05, 0.1) is 11.6 Å². The lowest BCUT2D eigenvalue weighted by molar-refractivity contribution is -0.122. The van der Waals surface area contributed by atoms with Crippen LogP contribution in [0.3, 0.4) is 0 Å². The number of amides is 1. The number of benzene rings is 1. The van der Waals surface area contributed by atoms with Crippen LogP contribution in [-0.4, -0.2) is 30.7 Å². The number of aryl methyl sites for hydroxylation is 2. The van der Waals surface area contributed by atoms with Gasteiger partial charge in [0.15, 0.2) is 0 Å². The molecule has 0 aliphatic rings. The lowest BCUT2D eigenvalue weighted by Crippen LogP contribution is -2.29. The normalized spacial score (nSPS) is 11.9. The molecule has 1 amide bonds. The molecule has 2 N–H and O–H groups in total. The first-order chi connectivity index (χ1) is 12.0. The third-order valence-corrected chi connectivity index (χ3v) is 3.92. The molecule has 0 aliphatic heterocycles. The van der Waals surface area contributed by atoms with Crippen molar-refractivity contribution in [3.63, 3.8) is 0 Å². The highest BCUT2D eigenvalue weighted by Gasteiger charge is 2.18. The van der Waals surface area contributed by atoms with Crippen LogP contribution in [0.15, 0.2) is 40.8 Å². The van der Waals surface area contributed by atoms with Gasteiger partial charge in [-0.2, -0.15) is 0 Å². The van der Waals surface area contributed by atoms with Crippen LogP contribution in [0.4, 0.5) is 0 Å². The maximum Gasteiger partial charge on any atom is 0.335 e. The summed E-state index contributed by atoms with van der Waals surface area (Å²) in [5.74, 6) is 0.325. The molecule has 0 fully saturated rings. The van der Waals surface area contributed by atoms with E-state index in [2.05, 4.69) is 5.32 Å². The zero-order chi connectivity index (χ0) is 18.2. The van der Waals surface area contributed by atoms with E-state index in [0.29, 0.717) is 30.8 Å². The molecule has 0 saturated heterocycles. The molecule has 0 bridgehead atoms. The smallest absolute Gasteiger partial charge is 0.335 e. The lowest BCUT2D eigenvalue weighted by atomic mass is 10.0. The number of carboxylic acids is 1. The fourth-order valence-corrected chi connectivity index (χ4v) is 2.62. The molecule has 6 nitrogen and oxygen atoms in total. The van der Waals surface area contributed by atoms with Crippen molar-refractivity contribution in [3.8, 4) is 0 Å². The second-order valence-corrected chi connectivity index (χ2v) is 5.81. The van der Waals surface area contributed by atoms with Crippen LogP contribution in [0, 0.1) is 6.92 Å². The number of furan rings is 1. The van der Waals surface area contributed by atoms with Crippen molar-refractivity contribution in [2.24, 2.45) is 0 Å². The highest BCUT2D eigenvalue weighted by molar-refractivity contribution is 5.89. The zero-order valence-corrected chi connectivity index (χ0v) is 14.5. The van der Waals surface area contributed by atoms with Gasteiger partial charge in [0.2, 0.25) is 5.91 Å². The predicted octanol–water partition coefficient (Wildman–Crippen LogP) is 3.11. The molecule has 2 rings (SSSR count). The number of hydrogen-bond acceptors (Lipinski definition) is 4. The Kier molecular flexibility index (Phi) is 6.77. The van der Waals surface area contributed by atoms with Crippen LogP contribution in [0.1, 0.15) is 46.3 Å². The van der Waals surface area contributed by atoms with Crippen molar-refractivity contribution in [2.45, 2.75) is 32.2 Å². The van der Waals surface area contributed by atoms with E-state index >= 15 is 0 Å². The minimum Gasteiger partial charge on any atom is -0.478 e. The summed E-state index contributed by atoms with van der Waals surface area (Å²) in [6.07, 6.45) is 1.16. The van der Waals surface area contributed by atoms with Gasteiger partial charge in [0, 0.05) is 20.1 Å². The van der Waals surface area contributed by atoms with E-state index in [4.69, 9.17) is 9.15 Å². The zero-order valence-electron chi connectivity index (χ0n) is 14.5. The largest absolute Gasteiger partial charge is 0.478 e. The topological polar surface area (TPSA) is 88.8 Å². The summed E-state index contributed by atoms with van der Waals surface area (Å²) >= 11 is 0. The minimum absolute atomic E-state index is 0.157. The van der Waals surface area contributed by atoms with E-state index in [9.17, 15) is 14.7 Å². The number of ether oxygens (including phenoxy) is 1. The number of nitrogens with one attached hydrogen (secondary N) is 1. The van der Waals surface area contributed by atoms with Crippen molar-refractivity contribution < 1.29 is 23.8 Å². The van der Waals surface area contributed by atoms with Crippen LogP contribution >= 0.6 is 0 Å². The molecule has 2 aromatic rings. The molecule has 0 aliphatic carbocycles. The Balaban J connectivity index is 1.98. The van der Waals surface area contributed by atoms with Gasteiger partial charge >= 0.3 is 5.97 Å². The monoisotopic (exact) mass is 345 g/mol.